The molecule has 3 rings (SSSR count). The summed E-state index contributed by atoms with van der Waals surface area (Å²) >= 11 is 0. The number of carboxylic acids is 1. The Hall–Kier alpha value is -1.88. The zero-order valence-corrected chi connectivity index (χ0v) is 14.8. The maximum atomic E-state index is 11.1. The first-order valence-electron chi connectivity index (χ1n) is 9.37. The minimum atomic E-state index is -0.685. The second kappa shape index (κ2) is 8.48. The van der Waals surface area contributed by atoms with Crippen molar-refractivity contribution in [3.8, 4) is 0 Å². The van der Waals surface area contributed by atoms with Gasteiger partial charge in [-0.25, -0.2) is 0 Å². The van der Waals surface area contributed by atoms with Crippen molar-refractivity contribution in [2.24, 2.45) is 11.1 Å². The Morgan fingerprint density at radius 1 is 1.28 bits per heavy atom. The summed E-state index contributed by atoms with van der Waals surface area (Å²) in [5.41, 5.74) is 1.33. The summed E-state index contributed by atoms with van der Waals surface area (Å²) in [6.45, 7) is 2.81. The number of rotatable bonds is 7. The van der Waals surface area contributed by atoms with E-state index in [-0.39, 0.29) is 11.3 Å². The third-order valence-corrected chi connectivity index (χ3v) is 5.57. The number of oxime groups is 1. The summed E-state index contributed by atoms with van der Waals surface area (Å²) < 4.78 is 0. The van der Waals surface area contributed by atoms with Gasteiger partial charge in [-0.3, -0.25) is 9.69 Å². The van der Waals surface area contributed by atoms with Crippen LogP contribution < -0.4 is 0 Å². The fourth-order valence-corrected chi connectivity index (χ4v) is 4.09. The summed E-state index contributed by atoms with van der Waals surface area (Å²) in [6, 6.07) is 10.6. The molecule has 0 bridgehead atoms. The minimum Gasteiger partial charge on any atom is -0.481 e. The topological polar surface area (TPSA) is 62.1 Å². The van der Waals surface area contributed by atoms with E-state index in [1.807, 2.05) is 12.3 Å². The monoisotopic (exact) mass is 344 g/mol. The van der Waals surface area contributed by atoms with Gasteiger partial charge in [0.15, 0.2) is 0 Å². The van der Waals surface area contributed by atoms with E-state index in [9.17, 15) is 4.79 Å². The molecule has 5 heteroatoms. The molecule has 0 amide bonds. The third kappa shape index (κ3) is 4.60. The molecule has 1 aromatic carbocycles. The molecule has 0 aromatic heterocycles. The molecule has 0 spiro atoms. The molecule has 1 aromatic rings. The van der Waals surface area contributed by atoms with Crippen LogP contribution in [0.2, 0.25) is 0 Å². The SMILES string of the molecule is O=C(O)[C@@H]1CCCN(CCO/N=C/C2(c3ccccc3)CCCC2)C1. The Kier molecular flexibility index (Phi) is 6.08. The van der Waals surface area contributed by atoms with Crippen LogP contribution in [0.4, 0.5) is 0 Å². The highest BCUT2D eigenvalue weighted by Crippen LogP contribution is 2.39. The standard InChI is InChI=1S/C20H28N2O3/c23-19(24)17-7-6-12-22(15-17)13-14-25-21-16-20(10-4-5-11-20)18-8-2-1-3-9-18/h1-3,8-9,16-17H,4-7,10-15H2,(H,23,24)/b21-16+/t17-/m1/s1. The Morgan fingerprint density at radius 2 is 2.04 bits per heavy atom. The highest BCUT2D eigenvalue weighted by atomic mass is 16.6. The lowest BCUT2D eigenvalue weighted by atomic mass is 9.80. The zero-order valence-electron chi connectivity index (χ0n) is 14.8. The van der Waals surface area contributed by atoms with Crippen molar-refractivity contribution in [3.63, 3.8) is 0 Å². The van der Waals surface area contributed by atoms with Crippen LogP contribution in [-0.2, 0) is 15.0 Å². The molecule has 1 heterocycles. The van der Waals surface area contributed by atoms with Gasteiger partial charge >= 0.3 is 5.97 Å². The van der Waals surface area contributed by atoms with Crippen molar-refractivity contribution in [1.29, 1.82) is 0 Å². The summed E-state index contributed by atoms with van der Waals surface area (Å²) in [6.07, 6.45) is 8.41. The Labute approximate surface area is 149 Å². The van der Waals surface area contributed by atoms with E-state index in [0.717, 1.165) is 38.8 Å². The number of carboxylic acid groups (broad SMARTS) is 1. The maximum absolute atomic E-state index is 11.1. The Balaban J connectivity index is 1.48. The molecular formula is C20H28N2O3. The number of likely N-dealkylation sites (tertiary alicyclic amines) is 1. The normalized spacial score (nSPS) is 23.8. The highest BCUT2D eigenvalue weighted by molar-refractivity contribution is 5.73. The number of nitrogens with zero attached hydrogens (tertiary/aromatic N) is 2. The molecule has 1 aliphatic heterocycles. The molecule has 1 N–H and O–H groups in total. The third-order valence-electron chi connectivity index (χ3n) is 5.57. The molecule has 2 aliphatic rings. The molecule has 1 aliphatic carbocycles. The van der Waals surface area contributed by atoms with Crippen LogP contribution in [0.5, 0.6) is 0 Å². The molecule has 0 radical (unpaired) electrons. The van der Waals surface area contributed by atoms with E-state index in [1.165, 1.54) is 18.4 Å². The molecule has 2 fully saturated rings. The van der Waals surface area contributed by atoms with Gasteiger partial charge in [-0.2, -0.15) is 0 Å². The fraction of sp³-hybridized carbons (Fsp3) is 0.600. The van der Waals surface area contributed by atoms with Gasteiger partial charge in [0.2, 0.25) is 0 Å². The number of hydrogen-bond acceptors (Lipinski definition) is 4. The lowest BCUT2D eigenvalue weighted by Crippen LogP contribution is -2.40. The van der Waals surface area contributed by atoms with E-state index >= 15 is 0 Å². The van der Waals surface area contributed by atoms with Gasteiger partial charge < -0.3 is 9.94 Å². The quantitative estimate of drug-likeness (QED) is 0.468. The van der Waals surface area contributed by atoms with Crippen LogP contribution in [0.25, 0.3) is 0 Å². The van der Waals surface area contributed by atoms with Crippen LogP contribution in [0.3, 0.4) is 0 Å². The number of benzene rings is 1. The first-order valence-corrected chi connectivity index (χ1v) is 9.37. The van der Waals surface area contributed by atoms with Crippen LogP contribution >= 0.6 is 0 Å². The lowest BCUT2D eigenvalue weighted by molar-refractivity contribution is -0.143. The molecule has 1 saturated carbocycles. The van der Waals surface area contributed by atoms with Gasteiger partial charge in [0.1, 0.15) is 6.61 Å². The van der Waals surface area contributed by atoms with Crippen molar-refractivity contribution >= 4 is 12.2 Å². The summed E-state index contributed by atoms with van der Waals surface area (Å²) in [5, 5.41) is 13.4. The van der Waals surface area contributed by atoms with Crippen molar-refractivity contribution in [2.45, 2.75) is 43.9 Å². The van der Waals surface area contributed by atoms with Crippen molar-refractivity contribution in [2.75, 3.05) is 26.2 Å². The number of carbonyl (C=O) groups is 1. The second-order valence-corrected chi connectivity index (χ2v) is 7.28. The van der Waals surface area contributed by atoms with Gasteiger partial charge in [0.05, 0.1) is 12.1 Å². The smallest absolute Gasteiger partial charge is 0.307 e. The van der Waals surface area contributed by atoms with E-state index < -0.39 is 5.97 Å². The van der Waals surface area contributed by atoms with Crippen LogP contribution in [0.15, 0.2) is 35.5 Å². The first-order chi connectivity index (χ1) is 12.2. The number of piperidine rings is 1. The van der Waals surface area contributed by atoms with E-state index in [0.29, 0.717) is 13.2 Å². The maximum Gasteiger partial charge on any atom is 0.307 e. The van der Waals surface area contributed by atoms with Crippen molar-refractivity contribution in [3.05, 3.63) is 35.9 Å². The van der Waals surface area contributed by atoms with Gasteiger partial charge in [-0.05, 0) is 37.8 Å². The van der Waals surface area contributed by atoms with Gasteiger partial charge in [-0.1, -0.05) is 48.3 Å². The number of hydrogen-bond donors (Lipinski definition) is 1. The van der Waals surface area contributed by atoms with Gasteiger partial charge in [-0.15, -0.1) is 0 Å². The average molecular weight is 344 g/mol. The van der Waals surface area contributed by atoms with E-state index in [4.69, 9.17) is 9.94 Å². The van der Waals surface area contributed by atoms with E-state index in [2.05, 4.69) is 34.3 Å². The fourth-order valence-electron chi connectivity index (χ4n) is 4.09. The van der Waals surface area contributed by atoms with Crippen LogP contribution in [0, 0.1) is 5.92 Å². The lowest BCUT2D eigenvalue weighted by Gasteiger charge is -2.30. The summed E-state index contributed by atoms with van der Waals surface area (Å²) in [4.78, 5) is 18.8. The highest BCUT2D eigenvalue weighted by Gasteiger charge is 2.34. The molecule has 136 valence electrons. The van der Waals surface area contributed by atoms with E-state index in [1.54, 1.807) is 0 Å². The van der Waals surface area contributed by atoms with Gasteiger partial charge in [0, 0.05) is 18.5 Å². The summed E-state index contributed by atoms with van der Waals surface area (Å²) in [5.74, 6) is -0.924. The largest absolute Gasteiger partial charge is 0.481 e. The molecule has 1 atom stereocenters. The number of aliphatic carboxylic acids is 1. The van der Waals surface area contributed by atoms with Crippen molar-refractivity contribution in [1.82, 2.24) is 4.90 Å². The second-order valence-electron chi connectivity index (χ2n) is 7.28. The Morgan fingerprint density at radius 3 is 2.76 bits per heavy atom. The molecule has 0 unspecified atom stereocenters. The van der Waals surface area contributed by atoms with Crippen LogP contribution in [-0.4, -0.2) is 48.4 Å². The molecular weight excluding hydrogens is 316 g/mol. The van der Waals surface area contributed by atoms with Gasteiger partial charge in [0.25, 0.3) is 0 Å². The van der Waals surface area contributed by atoms with Crippen molar-refractivity contribution < 1.29 is 14.7 Å². The Bertz CT molecular complexity index is 582. The summed E-state index contributed by atoms with van der Waals surface area (Å²) in [7, 11) is 0. The molecule has 5 nitrogen and oxygen atoms in total. The van der Waals surface area contributed by atoms with Crippen LogP contribution in [0.1, 0.15) is 44.1 Å². The average Bonchev–Trinajstić information content (AvgIpc) is 3.12. The minimum absolute atomic E-state index is 0.0147. The first kappa shape index (κ1) is 17.9. The molecule has 25 heavy (non-hydrogen) atoms. The predicted octanol–water partition coefficient (Wildman–Crippen LogP) is 3.30. The molecule has 1 saturated heterocycles. The zero-order chi connectivity index (χ0) is 17.5. The predicted molar refractivity (Wildman–Crippen MR) is 97.8 cm³/mol.